The Hall–Kier alpha value is -1.76. The Morgan fingerprint density at radius 2 is 1.77 bits per heavy atom. The number of nitrogens with zero attached hydrogens (tertiary/aromatic N) is 1. The first-order chi connectivity index (χ1) is 13.7. The second-order valence-corrected chi connectivity index (χ2v) is 7.75. The van der Waals surface area contributed by atoms with Crippen molar-refractivity contribution in [2.75, 3.05) is 18.5 Å². The standard InChI is InChI=1S/C14H11Cl4F4N3O5/c1-2-29-10(26)5-7(23-12(28)25-11(27)14(16,17)18)6(19)8(15)24-9(5)30-4-3-13(20,21)22/h2-4H2,1H3,(H2,23,24,25,27,28). The molecule has 0 aliphatic heterocycles. The van der Waals surface area contributed by atoms with Crippen LogP contribution in [0.15, 0.2) is 0 Å². The molecule has 0 spiro atoms. The lowest BCUT2D eigenvalue weighted by Crippen LogP contribution is -2.41. The predicted octanol–water partition coefficient (Wildman–Crippen LogP) is 4.40. The van der Waals surface area contributed by atoms with Gasteiger partial charge in [-0.05, 0) is 6.92 Å². The highest BCUT2D eigenvalue weighted by atomic mass is 35.6. The zero-order valence-corrected chi connectivity index (χ0v) is 17.7. The normalized spacial score (nSPS) is 11.6. The number of urea groups is 1. The van der Waals surface area contributed by atoms with Crippen LogP contribution in [0.1, 0.15) is 23.7 Å². The predicted molar refractivity (Wildman–Crippen MR) is 98.8 cm³/mol. The van der Waals surface area contributed by atoms with Crippen molar-refractivity contribution in [1.82, 2.24) is 10.3 Å². The number of hydrogen-bond acceptors (Lipinski definition) is 6. The molecule has 3 amide bonds. The van der Waals surface area contributed by atoms with Gasteiger partial charge in [-0.15, -0.1) is 0 Å². The molecule has 0 saturated heterocycles. The van der Waals surface area contributed by atoms with Gasteiger partial charge in [0.2, 0.25) is 5.88 Å². The number of halogens is 8. The Bertz CT molecular complexity index is 833. The molecule has 0 aliphatic rings. The van der Waals surface area contributed by atoms with Gasteiger partial charge in [-0.1, -0.05) is 46.4 Å². The summed E-state index contributed by atoms with van der Waals surface area (Å²) in [6.45, 7) is 0.131. The van der Waals surface area contributed by atoms with Crippen LogP contribution in [-0.2, 0) is 9.53 Å². The molecule has 8 nitrogen and oxygen atoms in total. The Morgan fingerprint density at radius 3 is 2.27 bits per heavy atom. The summed E-state index contributed by atoms with van der Waals surface area (Å²) in [6, 6.07) is -1.47. The molecule has 0 unspecified atom stereocenters. The fourth-order valence-electron chi connectivity index (χ4n) is 1.71. The lowest BCUT2D eigenvalue weighted by Gasteiger charge is -2.17. The maximum absolute atomic E-state index is 14.4. The Morgan fingerprint density at radius 1 is 1.17 bits per heavy atom. The summed E-state index contributed by atoms with van der Waals surface area (Å²) in [6.07, 6.45) is -6.04. The van der Waals surface area contributed by atoms with Gasteiger partial charge in [0.1, 0.15) is 11.3 Å². The van der Waals surface area contributed by atoms with Crippen molar-refractivity contribution in [3.8, 4) is 5.88 Å². The van der Waals surface area contributed by atoms with Crippen LogP contribution >= 0.6 is 46.4 Å². The van der Waals surface area contributed by atoms with Crippen LogP contribution in [0.4, 0.5) is 28.0 Å². The smallest absolute Gasteiger partial charge is 0.392 e. The van der Waals surface area contributed by atoms with Crippen molar-refractivity contribution in [1.29, 1.82) is 0 Å². The van der Waals surface area contributed by atoms with E-state index in [9.17, 15) is 31.9 Å². The molecule has 16 heteroatoms. The van der Waals surface area contributed by atoms with Gasteiger partial charge in [-0.25, -0.2) is 14.0 Å². The van der Waals surface area contributed by atoms with Crippen molar-refractivity contribution in [3.63, 3.8) is 0 Å². The van der Waals surface area contributed by atoms with Gasteiger partial charge in [-0.2, -0.15) is 18.2 Å². The van der Waals surface area contributed by atoms with Crippen LogP contribution in [0, 0.1) is 5.82 Å². The van der Waals surface area contributed by atoms with Crippen LogP contribution in [0.3, 0.4) is 0 Å². The number of ether oxygens (including phenoxy) is 2. The van der Waals surface area contributed by atoms with E-state index in [1.165, 1.54) is 12.2 Å². The Labute approximate surface area is 186 Å². The molecule has 0 aromatic carbocycles. The summed E-state index contributed by atoms with van der Waals surface area (Å²) >= 11 is 21.4. The van der Waals surface area contributed by atoms with Gasteiger partial charge in [0.15, 0.2) is 11.0 Å². The number of alkyl halides is 6. The van der Waals surface area contributed by atoms with Crippen LogP contribution < -0.4 is 15.4 Å². The quantitative estimate of drug-likeness (QED) is 0.250. The minimum Gasteiger partial charge on any atom is -0.477 e. The van der Waals surface area contributed by atoms with Gasteiger partial charge in [0, 0.05) is 0 Å². The number of anilines is 1. The van der Waals surface area contributed by atoms with Crippen LogP contribution in [0.5, 0.6) is 5.88 Å². The Balaban J connectivity index is 3.32. The van der Waals surface area contributed by atoms with Crippen molar-refractivity contribution >= 4 is 70.0 Å². The van der Waals surface area contributed by atoms with Gasteiger partial charge < -0.3 is 14.8 Å². The molecule has 1 heterocycles. The van der Waals surface area contributed by atoms with Gasteiger partial charge >= 0.3 is 18.2 Å². The average Bonchev–Trinajstić information content (AvgIpc) is 2.57. The topological polar surface area (TPSA) is 107 Å². The molecule has 2 N–H and O–H groups in total. The van der Waals surface area contributed by atoms with E-state index in [1.54, 1.807) is 5.32 Å². The number of aromatic nitrogens is 1. The van der Waals surface area contributed by atoms with Crippen LogP contribution in [0.2, 0.25) is 5.15 Å². The lowest BCUT2D eigenvalue weighted by molar-refractivity contribution is -0.139. The maximum atomic E-state index is 14.4. The number of nitrogens with one attached hydrogen (secondary N) is 2. The SMILES string of the molecule is CCOC(=O)c1c(OCCC(F)(F)F)nc(Cl)c(F)c1NC(=O)NC(=O)C(Cl)(Cl)Cl. The van der Waals surface area contributed by atoms with Crippen LogP contribution in [-0.4, -0.2) is 46.1 Å². The molecular weight excluding hydrogens is 508 g/mol. The highest BCUT2D eigenvalue weighted by Crippen LogP contribution is 2.33. The fraction of sp³-hybridized carbons (Fsp3) is 0.429. The summed E-state index contributed by atoms with van der Waals surface area (Å²) < 4.78 is 58.4. The van der Waals surface area contributed by atoms with Crippen molar-refractivity contribution in [2.45, 2.75) is 23.3 Å². The van der Waals surface area contributed by atoms with Gasteiger partial charge in [-0.3, -0.25) is 10.1 Å². The number of imide groups is 1. The first-order valence-corrected chi connectivity index (χ1v) is 9.13. The van der Waals surface area contributed by atoms with E-state index in [0.717, 1.165) is 0 Å². The lowest BCUT2D eigenvalue weighted by atomic mass is 10.2. The first kappa shape index (κ1) is 26.3. The summed E-state index contributed by atoms with van der Waals surface area (Å²) in [4.78, 5) is 39.0. The Kier molecular flexibility index (Phi) is 9.21. The molecule has 0 atom stereocenters. The number of carbonyl (C=O) groups is 3. The molecule has 168 valence electrons. The number of hydrogen-bond donors (Lipinski definition) is 2. The molecule has 1 rings (SSSR count). The maximum Gasteiger partial charge on any atom is 0.392 e. The largest absolute Gasteiger partial charge is 0.477 e. The van der Waals surface area contributed by atoms with E-state index in [0.29, 0.717) is 0 Å². The summed E-state index contributed by atoms with van der Waals surface area (Å²) in [5, 5.41) is 2.33. The highest BCUT2D eigenvalue weighted by molar-refractivity contribution is 6.76. The van der Waals surface area contributed by atoms with Gasteiger partial charge in [0.25, 0.3) is 9.70 Å². The highest BCUT2D eigenvalue weighted by Gasteiger charge is 2.34. The number of esters is 1. The molecule has 1 aromatic heterocycles. The molecule has 0 aliphatic carbocycles. The summed E-state index contributed by atoms with van der Waals surface area (Å²) in [7, 11) is 0. The monoisotopic (exact) mass is 517 g/mol. The van der Waals surface area contributed by atoms with E-state index in [2.05, 4.69) is 9.72 Å². The van der Waals surface area contributed by atoms with Crippen molar-refractivity contribution < 1.29 is 41.4 Å². The number of pyridine rings is 1. The van der Waals surface area contributed by atoms with Crippen molar-refractivity contribution in [3.05, 3.63) is 16.5 Å². The number of carbonyl (C=O) groups excluding carboxylic acids is 3. The third-order valence-corrected chi connectivity index (χ3v) is 3.66. The minimum atomic E-state index is -4.60. The zero-order valence-electron chi connectivity index (χ0n) is 14.6. The van der Waals surface area contributed by atoms with E-state index in [-0.39, 0.29) is 6.61 Å². The van der Waals surface area contributed by atoms with E-state index in [1.807, 2.05) is 0 Å². The molecule has 0 radical (unpaired) electrons. The number of amides is 3. The fourth-order valence-corrected chi connectivity index (χ4v) is 2.02. The van der Waals surface area contributed by atoms with Crippen LogP contribution in [0.25, 0.3) is 0 Å². The second-order valence-electron chi connectivity index (χ2n) is 5.11. The van der Waals surface area contributed by atoms with E-state index < -0.39 is 69.0 Å². The third-order valence-electron chi connectivity index (χ3n) is 2.89. The molecule has 0 bridgehead atoms. The second kappa shape index (κ2) is 10.5. The number of rotatable bonds is 6. The average molecular weight is 519 g/mol. The third kappa shape index (κ3) is 7.82. The minimum absolute atomic E-state index is 0.234. The van der Waals surface area contributed by atoms with E-state index in [4.69, 9.17) is 51.1 Å². The zero-order chi connectivity index (χ0) is 23.3. The van der Waals surface area contributed by atoms with Gasteiger partial charge in [0.05, 0.1) is 19.6 Å². The molecule has 0 saturated carbocycles. The summed E-state index contributed by atoms with van der Waals surface area (Å²) in [5.74, 6) is -5.07. The molecular formula is C14H11Cl4F4N3O5. The van der Waals surface area contributed by atoms with E-state index >= 15 is 0 Å². The summed E-state index contributed by atoms with van der Waals surface area (Å²) in [5.41, 5.74) is -1.89. The molecule has 1 aromatic rings. The van der Waals surface area contributed by atoms with Crippen molar-refractivity contribution in [2.24, 2.45) is 0 Å². The molecule has 0 fully saturated rings. The molecule has 30 heavy (non-hydrogen) atoms. The first-order valence-electron chi connectivity index (χ1n) is 7.62.